The number of allylic oxidation sites excluding steroid dienone is 4. The number of benzene rings is 2. The Bertz CT molecular complexity index is 905. The van der Waals surface area contributed by atoms with Crippen LogP contribution in [0.4, 0.5) is 0 Å². The molecule has 2 aromatic rings. The zero-order valence-corrected chi connectivity index (χ0v) is 16.0. The Labute approximate surface area is 160 Å². The molecular formula is C24H24O3. The maximum absolute atomic E-state index is 13.0. The van der Waals surface area contributed by atoms with E-state index in [1.807, 2.05) is 74.5 Å². The van der Waals surface area contributed by atoms with Gasteiger partial charge in [-0.25, -0.2) is 0 Å². The second kappa shape index (κ2) is 8.17. The Kier molecular flexibility index (Phi) is 5.70. The number of carbonyl (C=O) groups is 2. The van der Waals surface area contributed by atoms with Gasteiger partial charge in [-0.3, -0.25) is 9.59 Å². The van der Waals surface area contributed by atoms with Crippen LogP contribution in [-0.4, -0.2) is 11.6 Å². The number of carbonyl (C=O) groups excluding carboxylic acids is 2. The smallest absolute Gasteiger partial charge is 0.162 e. The van der Waals surface area contributed by atoms with Crippen molar-refractivity contribution in [1.29, 1.82) is 0 Å². The molecule has 0 aromatic heterocycles. The van der Waals surface area contributed by atoms with Gasteiger partial charge in [-0.1, -0.05) is 67.6 Å². The summed E-state index contributed by atoms with van der Waals surface area (Å²) >= 11 is 0. The molecule has 0 saturated carbocycles. The molecule has 0 fully saturated rings. The van der Waals surface area contributed by atoms with Crippen LogP contribution >= 0.6 is 0 Å². The molecule has 1 atom stereocenters. The van der Waals surface area contributed by atoms with Gasteiger partial charge in [0.05, 0.1) is 0 Å². The van der Waals surface area contributed by atoms with Crippen LogP contribution in [0.2, 0.25) is 0 Å². The Morgan fingerprint density at radius 2 is 1.52 bits per heavy atom. The predicted molar refractivity (Wildman–Crippen MR) is 106 cm³/mol. The van der Waals surface area contributed by atoms with E-state index < -0.39 is 0 Å². The van der Waals surface area contributed by atoms with Gasteiger partial charge in [0.15, 0.2) is 11.6 Å². The molecule has 0 aliphatic carbocycles. The lowest BCUT2D eigenvalue weighted by atomic mass is 9.77. The van der Waals surface area contributed by atoms with E-state index in [1.165, 1.54) is 6.92 Å². The molecule has 1 aliphatic rings. The van der Waals surface area contributed by atoms with Crippen LogP contribution in [-0.2, 0) is 20.7 Å². The van der Waals surface area contributed by atoms with Crippen LogP contribution in [0.15, 0.2) is 83.3 Å². The fraction of sp³-hybridized carbons (Fsp3) is 0.250. The highest BCUT2D eigenvalue weighted by atomic mass is 16.5. The summed E-state index contributed by atoms with van der Waals surface area (Å²) < 4.78 is 6.07. The maximum atomic E-state index is 13.0. The van der Waals surface area contributed by atoms with Crippen molar-refractivity contribution >= 4 is 11.6 Å². The summed E-state index contributed by atoms with van der Waals surface area (Å²) in [6.07, 6.45) is 0.887. The fourth-order valence-corrected chi connectivity index (χ4v) is 3.65. The normalized spacial score (nSPS) is 16.9. The molecule has 1 unspecified atom stereocenters. The van der Waals surface area contributed by atoms with Crippen LogP contribution in [0.1, 0.15) is 44.2 Å². The van der Waals surface area contributed by atoms with E-state index in [-0.39, 0.29) is 17.5 Å². The Hall–Kier alpha value is -2.94. The predicted octanol–water partition coefficient (Wildman–Crippen LogP) is 5.14. The number of hydrogen-bond donors (Lipinski definition) is 0. The molecule has 1 heterocycles. The molecule has 0 amide bonds. The number of ether oxygens (including phenoxy) is 1. The van der Waals surface area contributed by atoms with Crippen molar-refractivity contribution in [2.24, 2.45) is 0 Å². The molecule has 0 N–H and O–H groups in total. The van der Waals surface area contributed by atoms with Crippen molar-refractivity contribution in [3.05, 3.63) is 94.5 Å². The topological polar surface area (TPSA) is 43.4 Å². The highest BCUT2D eigenvalue weighted by molar-refractivity contribution is 6.04. The number of hydrogen-bond acceptors (Lipinski definition) is 3. The summed E-state index contributed by atoms with van der Waals surface area (Å²) in [6, 6.07) is 19.7. The largest absolute Gasteiger partial charge is 0.465 e. The maximum Gasteiger partial charge on any atom is 0.162 e. The van der Waals surface area contributed by atoms with Gasteiger partial charge in [0, 0.05) is 29.9 Å². The third kappa shape index (κ3) is 3.92. The van der Waals surface area contributed by atoms with Crippen LogP contribution < -0.4 is 0 Å². The molecule has 1 aliphatic heterocycles. The quantitative estimate of drug-likeness (QED) is 0.716. The van der Waals surface area contributed by atoms with Crippen molar-refractivity contribution in [3.63, 3.8) is 0 Å². The molecule has 3 rings (SSSR count). The first kappa shape index (κ1) is 18.8. The summed E-state index contributed by atoms with van der Waals surface area (Å²) in [5, 5.41) is 0. The third-order valence-corrected chi connectivity index (χ3v) is 4.87. The van der Waals surface area contributed by atoms with E-state index in [1.54, 1.807) is 0 Å². The minimum absolute atomic E-state index is 0.0148. The highest BCUT2D eigenvalue weighted by Gasteiger charge is 2.36. The second-order valence-corrected chi connectivity index (χ2v) is 6.75. The van der Waals surface area contributed by atoms with Crippen molar-refractivity contribution < 1.29 is 14.3 Å². The fourth-order valence-electron chi connectivity index (χ4n) is 3.65. The van der Waals surface area contributed by atoms with Crippen LogP contribution in [0, 0.1) is 0 Å². The molecule has 27 heavy (non-hydrogen) atoms. The van der Waals surface area contributed by atoms with Gasteiger partial charge in [0.1, 0.15) is 11.5 Å². The first-order chi connectivity index (χ1) is 13.0. The molecule has 0 bridgehead atoms. The van der Waals surface area contributed by atoms with Crippen LogP contribution in [0.3, 0.4) is 0 Å². The van der Waals surface area contributed by atoms with E-state index in [9.17, 15) is 9.59 Å². The first-order valence-electron chi connectivity index (χ1n) is 9.27. The number of rotatable bonds is 6. The van der Waals surface area contributed by atoms with Crippen molar-refractivity contribution in [3.8, 4) is 0 Å². The summed E-state index contributed by atoms with van der Waals surface area (Å²) in [5.41, 5.74) is 3.17. The monoisotopic (exact) mass is 360 g/mol. The van der Waals surface area contributed by atoms with Gasteiger partial charge >= 0.3 is 0 Å². The average molecular weight is 360 g/mol. The van der Waals surface area contributed by atoms with Crippen molar-refractivity contribution in [2.45, 2.75) is 39.5 Å². The summed E-state index contributed by atoms with van der Waals surface area (Å²) in [4.78, 5) is 25.4. The van der Waals surface area contributed by atoms with E-state index in [4.69, 9.17) is 4.74 Å². The Morgan fingerprint density at radius 3 is 2.07 bits per heavy atom. The SMILES string of the molecule is CCC(=O)C1=C(Cc2ccccc2)OC(C)=C(C(C)=O)C1c1ccccc1. The van der Waals surface area contributed by atoms with Gasteiger partial charge < -0.3 is 4.74 Å². The minimum Gasteiger partial charge on any atom is -0.465 e. The molecule has 2 aromatic carbocycles. The summed E-state index contributed by atoms with van der Waals surface area (Å²) in [5.74, 6) is 0.783. The second-order valence-electron chi connectivity index (χ2n) is 6.75. The summed E-state index contributed by atoms with van der Waals surface area (Å²) in [7, 11) is 0. The lowest BCUT2D eigenvalue weighted by Gasteiger charge is -2.31. The van der Waals surface area contributed by atoms with Crippen molar-refractivity contribution in [1.82, 2.24) is 0 Å². The zero-order valence-electron chi connectivity index (χ0n) is 16.0. The molecule has 3 nitrogen and oxygen atoms in total. The van der Waals surface area contributed by atoms with E-state index >= 15 is 0 Å². The molecule has 3 heteroatoms. The third-order valence-electron chi connectivity index (χ3n) is 4.87. The molecule has 0 spiro atoms. The number of ketones is 2. The van der Waals surface area contributed by atoms with E-state index in [2.05, 4.69) is 0 Å². The van der Waals surface area contributed by atoms with Gasteiger partial charge in [0.25, 0.3) is 0 Å². The van der Waals surface area contributed by atoms with Crippen molar-refractivity contribution in [2.75, 3.05) is 0 Å². The molecule has 0 radical (unpaired) electrons. The van der Waals surface area contributed by atoms with Gasteiger partial charge in [0.2, 0.25) is 0 Å². The van der Waals surface area contributed by atoms with E-state index in [0.29, 0.717) is 35.5 Å². The minimum atomic E-state index is -0.386. The molecule has 0 saturated heterocycles. The van der Waals surface area contributed by atoms with Crippen LogP contribution in [0.5, 0.6) is 0 Å². The standard InChI is InChI=1S/C24H24O3/c1-4-20(26)24-21(15-18-11-7-5-8-12-18)27-17(3)22(16(2)25)23(24)19-13-9-6-10-14-19/h5-14,23H,4,15H2,1-3H3. The number of Topliss-reactive ketones (excluding diaryl/α,β-unsaturated/α-hetero) is 2. The summed E-state index contributed by atoms with van der Waals surface area (Å²) in [6.45, 7) is 5.19. The molecule has 138 valence electrons. The van der Waals surface area contributed by atoms with Gasteiger partial charge in [-0.05, 0) is 25.0 Å². The Morgan fingerprint density at radius 1 is 0.926 bits per heavy atom. The first-order valence-corrected chi connectivity index (χ1v) is 9.27. The van der Waals surface area contributed by atoms with Crippen LogP contribution in [0.25, 0.3) is 0 Å². The lowest BCUT2D eigenvalue weighted by Crippen LogP contribution is -2.25. The van der Waals surface area contributed by atoms with E-state index in [0.717, 1.165) is 11.1 Å². The lowest BCUT2D eigenvalue weighted by molar-refractivity contribution is -0.116. The highest BCUT2D eigenvalue weighted by Crippen LogP contribution is 2.42. The average Bonchev–Trinajstić information content (AvgIpc) is 2.68. The van der Waals surface area contributed by atoms with Gasteiger partial charge in [-0.2, -0.15) is 0 Å². The zero-order chi connectivity index (χ0) is 19.4. The van der Waals surface area contributed by atoms with Gasteiger partial charge in [-0.15, -0.1) is 0 Å². The Balaban J connectivity index is 2.19. The molecular weight excluding hydrogens is 336 g/mol.